The zero-order valence-electron chi connectivity index (χ0n) is 24.8. The molecule has 1 aliphatic heterocycles. The lowest BCUT2D eigenvalue weighted by molar-refractivity contribution is -0.143. The largest absolute Gasteiger partial charge is 0.507 e. The highest BCUT2D eigenvalue weighted by atomic mass is 16.4. The van der Waals surface area contributed by atoms with E-state index in [1.807, 2.05) is 43.3 Å². The van der Waals surface area contributed by atoms with Gasteiger partial charge in [0.1, 0.15) is 5.75 Å². The van der Waals surface area contributed by atoms with E-state index in [-0.39, 0.29) is 48.0 Å². The number of nitrogens with zero attached hydrogens (tertiary/aromatic N) is 1. The molecule has 2 aromatic carbocycles. The number of hydrogen-bond donors (Lipinski definition) is 2. The van der Waals surface area contributed by atoms with Gasteiger partial charge in [0.05, 0.1) is 17.3 Å². The number of amides is 2. The highest BCUT2D eigenvalue weighted by molar-refractivity contribution is 6.16. The summed E-state index contributed by atoms with van der Waals surface area (Å²) in [5.74, 6) is -4.03. The van der Waals surface area contributed by atoms with E-state index in [1.165, 1.54) is 4.90 Å². The Morgan fingerprint density at radius 2 is 1.65 bits per heavy atom. The molecule has 8 nitrogen and oxygen atoms in total. The van der Waals surface area contributed by atoms with Crippen molar-refractivity contribution in [3.63, 3.8) is 0 Å². The third-order valence-corrected chi connectivity index (χ3v) is 10.8. The smallest absolute Gasteiger partial charge is 0.303 e. The number of ketones is 2. The Morgan fingerprint density at radius 3 is 2.37 bits per heavy atom. The van der Waals surface area contributed by atoms with Crippen LogP contribution in [0.4, 0.5) is 0 Å². The lowest BCUT2D eigenvalue weighted by Gasteiger charge is -2.54. The fourth-order valence-corrected chi connectivity index (χ4v) is 8.49. The van der Waals surface area contributed by atoms with Crippen molar-refractivity contribution in [3.05, 3.63) is 64.8 Å². The molecule has 224 valence electrons. The van der Waals surface area contributed by atoms with E-state index in [9.17, 15) is 29.1 Å². The normalized spacial score (nSPS) is 30.3. The molecule has 0 unspecified atom stereocenters. The highest BCUT2D eigenvalue weighted by Gasteiger charge is 2.64. The van der Waals surface area contributed by atoms with E-state index < -0.39 is 35.1 Å². The van der Waals surface area contributed by atoms with Gasteiger partial charge in [-0.25, -0.2) is 0 Å². The number of imide groups is 1. The van der Waals surface area contributed by atoms with Crippen molar-refractivity contribution in [1.82, 2.24) is 4.90 Å². The first kappa shape index (κ1) is 29.0. The number of allylic oxidation sites excluding steroid dienone is 4. The number of benzene rings is 2. The number of carboxylic acids is 1. The lowest BCUT2D eigenvalue weighted by Crippen LogP contribution is -2.55. The van der Waals surface area contributed by atoms with Crippen LogP contribution in [0.5, 0.6) is 5.75 Å². The summed E-state index contributed by atoms with van der Waals surface area (Å²) in [4.78, 5) is 67.9. The van der Waals surface area contributed by atoms with Gasteiger partial charge in [-0.15, -0.1) is 0 Å². The average Bonchev–Trinajstić information content (AvgIpc) is 3.24. The van der Waals surface area contributed by atoms with E-state index in [1.54, 1.807) is 19.9 Å². The molecule has 2 fully saturated rings. The van der Waals surface area contributed by atoms with Crippen molar-refractivity contribution >= 4 is 40.1 Å². The zero-order valence-corrected chi connectivity index (χ0v) is 24.8. The van der Waals surface area contributed by atoms with E-state index in [2.05, 4.69) is 0 Å². The van der Waals surface area contributed by atoms with Crippen LogP contribution < -0.4 is 0 Å². The molecular weight excluding hydrogens is 546 g/mol. The quantitative estimate of drug-likeness (QED) is 0.256. The third kappa shape index (κ3) is 4.28. The molecule has 2 N–H and O–H groups in total. The van der Waals surface area contributed by atoms with Crippen LogP contribution in [0.15, 0.2) is 59.2 Å². The molecule has 6 rings (SSSR count). The number of likely N-dealkylation sites (tertiary alicyclic amines) is 1. The summed E-state index contributed by atoms with van der Waals surface area (Å²) >= 11 is 0. The van der Waals surface area contributed by atoms with Crippen molar-refractivity contribution in [2.45, 2.75) is 65.2 Å². The summed E-state index contributed by atoms with van der Waals surface area (Å²) in [5, 5.41) is 21.0. The summed E-state index contributed by atoms with van der Waals surface area (Å²) in [6.07, 6.45) is 4.40. The number of hydrogen-bond acceptors (Lipinski definition) is 6. The number of phenolic OH excluding ortho intramolecular Hbond substituents is 1. The number of fused-ring (bicyclic) bond motifs is 5. The maximum absolute atomic E-state index is 14.3. The summed E-state index contributed by atoms with van der Waals surface area (Å²) in [5.41, 5.74) is 1.58. The molecule has 1 saturated carbocycles. The minimum atomic E-state index is -1.09. The van der Waals surface area contributed by atoms with Crippen LogP contribution in [0.3, 0.4) is 0 Å². The molecule has 0 radical (unpaired) electrons. The molecule has 4 aliphatic rings. The van der Waals surface area contributed by atoms with Gasteiger partial charge in [0.25, 0.3) is 0 Å². The number of aromatic hydroxyl groups is 1. The predicted octanol–water partition coefficient (Wildman–Crippen LogP) is 5.34. The second-order valence-electron chi connectivity index (χ2n) is 12.9. The van der Waals surface area contributed by atoms with Gasteiger partial charge in [-0.2, -0.15) is 0 Å². The predicted molar refractivity (Wildman–Crippen MR) is 159 cm³/mol. The van der Waals surface area contributed by atoms with Crippen LogP contribution in [-0.2, 0) is 24.0 Å². The Bertz CT molecular complexity index is 1650. The molecule has 8 heteroatoms. The Hall–Kier alpha value is -4.07. The highest BCUT2D eigenvalue weighted by Crippen LogP contribution is 2.63. The van der Waals surface area contributed by atoms with Crippen molar-refractivity contribution in [2.75, 3.05) is 6.54 Å². The van der Waals surface area contributed by atoms with Crippen molar-refractivity contribution in [2.24, 2.45) is 29.1 Å². The molecule has 43 heavy (non-hydrogen) atoms. The molecule has 1 saturated heterocycles. The Kier molecular flexibility index (Phi) is 7.14. The van der Waals surface area contributed by atoms with Gasteiger partial charge in [-0.1, -0.05) is 55.3 Å². The number of carbonyl (C=O) groups excluding carboxylic acids is 4. The molecular formula is C35H37NO7. The molecule has 2 aromatic rings. The third-order valence-electron chi connectivity index (χ3n) is 10.8. The Balaban J connectivity index is 1.44. The van der Waals surface area contributed by atoms with Gasteiger partial charge >= 0.3 is 5.97 Å². The number of phenols is 1. The first-order valence-electron chi connectivity index (χ1n) is 15.2. The van der Waals surface area contributed by atoms with Crippen molar-refractivity contribution < 1.29 is 34.2 Å². The van der Waals surface area contributed by atoms with Crippen LogP contribution in [0.2, 0.25) is 0 Å². The van der Waals surface area contributed by atoms with Crippen molar-refractivity contribution in [3.8, 4) is 5.75 Å². The first-order valence-corrected chi connectivity index (χ1v) is 15.2. The number of carbonyl (C=O) groups is 5. The van der Waals surface area contributed by atoms with Crippen LogP contribution in [0.25, 0.3) is 10.8 Å². The number of unbranched alkanes of at least 4 members (excludes halogenated alkanes) is 2. The molecule has 6 atom stereocenters. The van der Waals surface area contributed by atoms with E-state index >= 15 is 0 Å². The van der Waals surface area contributed by atoms with Gasteiger partial charge in [-0.3, -0.25) is 28.9 Å². The second-order valence-corrected chi connectivity index (χ2v) is 12.9. The molecule has 0 aromatic heterocycles. The number of aliphatic carboxylic acids is 1. The second kappa shape index (κ2) is 10.6. The molecule has 3 aliphatic carbocycles. The summed E-state index contributed by atoms with van der Waals surface area (Å²) in [6, 6.07) is 10.9. The molecule has 0 bridgehead atoms. The van der Waals surface area contributed by atoms with E-state index in [0.717, 1.165) is 16.5 Å². The molecule has 2 amide bonds. The minimum Gasteiger partial charge on any atom is -0.507 e. The van der Waals surface area contributed by atoms with Crippen LogP contribution in [-0.4, -0.2) is 51.0 Å². The summed E-state index contributed by atoms with van der Waals surface area (Å²) in [6.45, 7) is 5.55. The number of rotatable bonds is 7. The monoisotopic (exact) mass is 583 g/mol. The summed E-state index contributed by atoms with van der Waals surface area (Å²) < 4.78 is 0. The SMILES string of the molecule is CC1=C(C)C(=O)[C@@]2(C)[C@@H](c3ccc(O)c4ccccc34)C3=CC[C@@H]4C(=O)N(CCCCCC(=O)O)C(=O)[C@@H]4[C@@H]3C[C@H]2C1=O. The van der Waals surface area contributed by atoms with Gasteiger partial charge in [0, 0.05) is 30.2 Å². The molecule has 1 heterocycles. The molecule has 0 spiro atoms. The fourth-order valence-electron chi connectivity index (χ4n) is 8.49. The van der Waals surface area contributed by atoms with Gasteiger partial charge in [0.15, 0.2) is 11.6 Å². The van der Waals surface area contributed by atoms with Crippen LogP contribution >= 0.6 is 0 Å². The van der Waals surface area contributed by atoms with Crippen LogP contribution in [0, 0.1) is 29.1 Å². The standard InChI is InChI=1S/C35H37NO7/c1-18-19(2)32(41)35(3)26(31(18)40)17-25-23(30(35)22-14-15-27(37)21-10-7-6-9-20(21)22)12-13-24-29(25)34(43)36(33(24)42)16-8-4-5-11-28(38)39/h6-7,9-10,12,14-15,24-26,29-30,37H,4-5,8,11,13,16-17H2,1-3H3,(H,38,39)/t24-,25+,26-,29-,30-,35+/m0/s1. The maximum atomic E-state index is 14.3. The fraction of sp³-hybridized carbons (Fsp3) is 0.457. The van der Waals surface area contributed by atoms with E-state index in [0.29, 0.717) is 48.6 Å². The van der Waals surface area contributed by atoms with Gasteiger partial charge in [0.2, 0.25) is 11.8 Å². The summed E-state index contributed by atoms with van der Waals surface area (Å²) in [7, 11) is 0. The lowest BCUT2D eigenvalue weighted by atomic mass is 9.46. The number of Topliss-reactive ketones (excluding diaryl/α,β-unsaturated/α-hetero) is 2. The topological polar surface area (TPSA) is 129 Å². The van der Waals surface area contributed by atoms with Crippen molar-refractivity contribution in [1.29, 1.82) is 0 Å². The van der Waals surface area contributed by atoms with Gasteiger partial charge in [-0.05, 0) is 73.6 Å². The first-order chi connectivity index (χ1) is 20.5. The number of carboxylic acid groups (broad SMARTS) is 1. The van der Waals surface area contributed by atoms with Crippen LogP contribution in [0.1, 0.15) is 70.8 Å². The average molecular weight is 584 g/mol. The Labute approximate surface area is 250 Å². The minimum absolute atomic E-state index is 0.0517. The Morgan fingerprint density at radius 1 is 0.930 bits per heavy atom. The zero-order chi connectivity index (χ0) is 30.8. The van der Waals surface area contributed by atoms with Gasteiger partial charge < -0.3 is 10.2 Å². The van der Waals surface area contributed by atoms with E-state index in [4.69, 9.17) is 5.11 Å². The maximum Gasteiger partial charge on any atom is 0.303 e.